The quantitative estimate of drug-likeness (QED) is 0.346. The average molecular weight is 433 g/mol. The number of aliphatic hydroxyl groups is 1. The predicted molar refractivity (Wildman–Crippen MR) is 115 cm³/mol. The van der Waals surface area contributed by atoms with Crippen molar-refractivity contribution in [3.63, 3.8) is 0 Å². The molecule has 0 aliphatic heterocycles. The Bertz CT molecular complexity index is 631. The molecule has 1 heterocycles. The van der Waals surface area contributed by atoms with Gasteiger partial charge in [-0.15, -0.1) is 11.3 Å². The summed E-state index contributed by atoms with van der Waals surface area (Å²) >= 11 is 1.07. The number of amides is 1. The van der Waals surface area contributed by atoms with Gasteiger partial charge in [0.2, 0.25) is 5.91 Å². The highest BCUT2D eigenvalue weighted by molar-refractivity contribution is 7.91. The first kappa shape index (κ1) is 25.1. The van der Waals surface area contributed by atoms with Crippen LogP contribution in [0.4, 0.5) is 0 Å². The Balaban J connectivity index is 2.23. The van der Waals surface area contributed by atoms with E-state index in [-0.39, 0.29) is 4.21 Å². The first-order chi connectivity index (χ1) is 13.4. The minimum absolute atomic E-state index is 0.126. The monoisotopic (exact) mass is 432 g/mol. The summed E-state index contributed by atoms with van der Waals surface area (Å²) < 4.78 is 27.0. The van der Waals surface area contributed by atoms with Crippen molar-refractivity contribution in [2.45, 2.75) is 94.4 Å². The fourth-order valence-electron chi connectivity index (χ4n) is 2.95. The number of thiophene rings is 1. The molecule has 1 rings (SSSR count). The summed E-state index contributed by atoms with van der Waals surface area (Å²) in [6.07, 6.45) is 11.0. The number of nitrogens with one attached hydrogen (secondary N) is 2. The van der Waals surface area contributed by atoms with E-state index in [9.17, 15) is 18.3 Å². The van der Waals surface area contributed by atoms with Crippen LogP contribution in [0.2, 0.25) is 0 Å². The number of hydrogen-bond acceptors (Lipinski definition) is 5. The van der Waals surface area contributed by atoms with Crippen LogP contribution in [0, 0.1) is 0 Å². The summed E-state index contributed by atoms with van der Waals surface area (Å²) in [7, 11) is -3.81. The molecule has 0 spiro atoms. The minimum atomic E-state index is -3.81. The Labute approximate surface area is 174 Å². The fraction of sp³-hybridized carbons (Fsp3) is 0.750. The first-order valence-electron chi connectivity index (χ1n) is 10.4. The van der Waals surface area contributed by atoms with Crippen molar-refractivity contribution in [3.8, 4) is 0 Å². The number of carbonyl (C=O) groups excluding carboxylic acids is 1. The minimum Gasteiger partial charge on any atom is -0.391 e. The Morgan fingerprint density at radius 3 is 2.14 bits per heavy atom. The number of sulfonamides is 1. The first-order valence-corrected chi connectivity index (χ1v) is 12.8. The lowest BCUT2D eigenvalue weighted by Gasteiger charge is -2.20. The number of rotatable bonds is 16. The average Bonchev–Trinajstić information content (AvgIpc) is 3.19. The molecular formula is C20H36N2O4S2. The number of unbranched alkanes of at least 4 members (excludes halogenated alkanes) is 9. The second kappa shape index (κ2) is 14.1. The lowest BCUT2D eigenvalue weighted by molar-refractivity contribution is -0.124. The van der Waals surface area contributed by atoms with Gasteiger partial charge < -0.3 is 10.4 Å². The van der Waals surface area contributed by atoms with Crippen LogP contribution < -0.4 is 10.0 Å². The number of carbonyl (C=O) groups is 1. The molecule has 1 amide bonds. The summed E-state index contributed by atoms with van der Waals surface area (Å²) in [6, 6.07) is 1.89. The van der Waals surface area contributed by atoms with E-state index in [0.717, 1.165) is 30.6 Å². The van der Waals surface area contributed by atoms with Crippen molar-refractivity contribution >= 4 is 27.3 Å². The molecule has 8 heteroatoms. The van der Waals surface area contributed by atoms with Crippen LogP contribution in [0.5, 0.6) is 0 Å². The lowest BCUT2D eigenvalue weighted by atomic mass is 10.1. The van der Waals surface area contributed by atoms with Crippen molar-refractivity contribution in [2.75, 3.05) is 6.54 Å². The van der Waals surface area contributed by atoms with E-state index in [2.05, 4.69) is 17.0 Å². The van der Waals surface area contributed by atoms with Crippen LogP contribution in [-0.2, 0) is 14.8 Å². The van der Waals surface area contributed by atoms with Gasteiger partial charge in [-0.2, -0.15) is 4.72 Å². The third-order valence-electron chi connectivity index (χ3n) is 4.64. The van der Waals surface area contributed by atoms with Gasteiger partial charge in [0.15, 0.2) is 0 Å². The van der Waals surface area contributed by atoms with Gasteiger partial charge in [0, 0.05) is 6.54 Å². The Hall–Kier alpha value is -0.960. The Morgan fingerprint density at radius 2 is 1.64 bits per heavy atom. The van der Waals surface area contributed by atoms with Gasteiger partial charge in [0.25, 0.3) is 10.0 Å². The van der Waals surface area contributed by atoms with Crippen molar-refractivity contribution in [1.82, 2.24) is 10.0 Å². The smallest absolute Gasteiger partial charge is 0.250 e. The lowest BCUT2D eigenvalue weighted by Crippen LogP contribution is -2.52. The number of aliphatic hydroxyl groups excluding tert-OH is 1. The highest BCUT2D eigenvalue weighted by Gasteiger charge is 2.29. The topological polar surface area (TPSA) is 95.5 Å². The van der Waals surface area contributed by atoms with Gasteiger partial charge in [0.05, 0.1) is 6.10 Å². The van der Waals surface area contributed by atoms with E-state index >= 15 is 0 Å². The third kappa shape index (κ3) is 10.0. The van der Waals surface area contributed by atoms with Crippen LogP contribution in [0.1, 0.15) is 78.1 Å². The molecule has 0 fully saturated rings. The Morgan fingerprint density at radius 1 is 1.07 bits per heavy atom. The van der Waals surface area contributed by atoms with Crippen molar-refractivity contribution < 1.29 is 18.3 Å². The van der Waals surface area contributed by atoms with Gasteiger partial charge in [-0.1, -0.05) is 70.8 Å². The molecule has 2 atom stereocenters. The zero-order valence-corrected chi connectivity index (χ0v) is 18.8. The standard InChI is InChI=1S/C20H36N2O4S2/c1-3-4-5-6-7-8-9-10-11-12-15-21-20(24)19(17(2)23)22-28(25,26)18-14-13-16-27-18/h13-14,16-17,19,22-23H,3-12,15H2,1-2H3,(H,21,24)/t17-,19+/m1/s1. The van der Waals surface area contributed by atoms with Crippen LogP contribution in [0.15, 0.2) is 21.7 Å². The molecule has 1 aromatic heterocycles. The van der Waals surface area contributed by atoms with Crippen LogP contribution in [-0.4, -0.2) is 38.1 Å². The maximum Gasteiger partial charge on any atom is 0.250 e. The molecule has 1 aromatic rings. The summed E-state index contributed by atoms with van der Waals surface area (Å²) in [5, 5.41) is 14.2. The predicted octanol–water partition coefficient (Wildman–Crippen LogP) is 3.81. The van der Waals surface area contributed by atoms with E-state index in [4.69, 9.17) is 0 Å². The normalized spacial score (nSPS) is 14.0. The molecule has 6 nitrogen and oxygen atoms in total. The fourth-order valence-corrected chi connectivity index (χ4v) is 5.22. The van der Waals surface area contributed by atoms with Crippen LogP contribution in [0.3, 0.4) is 0 Å². The van der Waals surface area contributed by atoms with Crippen molar-refractivity contribution in [3.05, 3.63) is 17.5 Å². The van der Waals surface area contributed by atoms with E-state index in [0.29, 0.717) is 6.54 Å². The molecule has 162 valence electrons. The third-order valence-corrected chi connectivity index (χ3v) is 7.48. The van der Waals surface area contributed by atoms with Crippen LogP contribution >= 0.6 is 11.3 Å². The molecule has 0 bridgehead atoms. The van der Waals surface area contributed by atoms with Gasteiger partial charge >= 0.3 is 0 Å². The molecule has 3 N–H and O–H groups in total. The Kier molecular flexibility index (Phi) is 12.6. The second-order valence-electron chi connectivity index (χ2n) is 7.24. The molecule has 0 saturated heterocycles. The molecule has 0 unspecified atom stereocenters. The molecule has 0 radical (unpaired) electrons. The van der Waals surface area contributed by atoms with Crippen molar-refractivity contribution in [2.24, 2.45) is 0 Å². The summed E-state index contributed by atoms with van der Waals surface area (Å²) in [6.45, 7) is 4.11. The molecule has 0 aromatic carbocycles. The molecule has 28 heavy (non-hydrogen) atoms. The summed E-state index contributed by atoms with van der Waals surface area (Å²) in [4.78, 5) is 12.3. The number of hydrogen-bond donors (Lipinski definition) is 3. The molecule has 0 saturated carbocycles. The maximum absolute atomic E-state index is 12.3. The maximum atomic E-state index is 12.3. The SMILES string of the molecule is CCCCCCCCCCCCNC(=O)[C@@H](NS(=O)(=O)c1cccs1)[C@@H](C)O. The second-order valence-corrected chi connectivity index (χ2v) is 10.1. The zero-order valence-electron chi connectivity index (χ0n) is 17.2. The van der Waals surface area contributed by atoms with Gasteiger partial charge in [-0.05, 0) is 24.8 Å². The van der Waals surface area contributed by atoms with Crippen LogP contribution in [0.25, 0.3) is 0 Å². The van der Waals surface area contributed by atoms with Gasteiger partial charge in [0.1, 0.15) is 10.3 Å². The van der Waals surface area contributed by atoms with Gasteiger partial charge in [-0.25, -0.2) is 8.42 Å². The zero-order chi connectivity index (χ0) is 20.8. The largest absolute Gasteiger partial charge is 0.391 e. The van der Waals surface area contributed by atoms with E-state index in [1.54, 1.807) is 11.4 Å². The molecule has 0 aliphatic rings. The summed E-state index contributed by atoms with van der Waals surface area (Å²) in [5.74, 6) is -0.494. The molecule has 0 aliphatic carbocycles. The van der Waals surface area contributed by atoms with E-state index in [1.807, 2.05) is 0 Å². The summed E-state index contributed by atoms with van der Waals surface area (Å²) in [5.41, 5.74) is 0. The van der Waals surface area contributed by atoms with Crippen molar-refractivity contribution in [1.29, 1.82) is 0 Å². The van der Waals surface area contributed by atoms with E-state index < -0.39 is 28.1 Å². The van der Waals surface area contributed by atoms with E-state index in [1.165, 1.54) is 57.9 Å². The highest BCUT2D eigenvalue weighted by Crippen LogP contribution is 2.16. The highest BCUT2D eigenvalue weighted by atomic mass is 32.2. The molecular weight excluding hydrogens is 396 g/mol. The van der Waals surface area contributed by atoms with Gasteiger partial charge in [-0.3, -0.25) is 4.79 Å².